The number of anilines is 2. The van der Waals surface area contributed by atoms with Crippen molar-refractivity contribution in [1.29, 1.82) is 5.41 Å². The molecule has 0 fully saturated rings. The summed E-state index contributed by atoms with van der Waals surface area (Å²) in [5.41, 5.74) is 7.67. The fraction of sp³-hybridized carbons (Fsp3) is 0.0625. The third-order valence-electron chi connectivity index (χ3n) is 3.02. The zero-order valence-corrected chi connectivity index (χ0v) is 12.5. The smallest absolute Gasteiger partial charge is 0.326 e. The molecule has 7 nitrogen and oxygen atoms in total. The van der Waals surface area contributed by atoms with Crippen LogP contribution in [0.1, 0.15) is 15.9 Å². The fourth-order valence-corrected chi connectivity index (χ4v) is 1.95. The number of imide groups is 1. The summed E-state index contributed by atoms with van der Waals surface area (Å²) >= 11 is 0. The van der Waals surface area contributed by atoms with Crippen LogP contribution in [-0.2, 0) is 0 Å². The lowest BCUT2D eigenvalue weighted by atomic mass is 10.2. The first-order chi connectivity index (χ1) is 11.0. The Bertz CT molecular complexity index is 743. The van der Waals surface area contributed by atoms with E-state index in [1.54, 1.807) is 48.5 Å². The Labute approximate surface area is 133 Å². The van der Waals surface area contributed by atoms with Crippen LogP contribution in [0.5, 0.6) is 0 Å². The highest BCUT2D eigenvalue weighted by atomic mass is 16.2. The van der Waals surface area contributed by atoms with E-state index in [4.69, 9.17) is 11.1 Å². The zero-order valence-electron chi connectivity index (χ0n) is 12.5. The SMILES string of the molecule is Cc1cc(NC(=O)NC(=O)c2ccccc2)ccc1NC(=N)N. The Morgan fingerprint density at radius 1 is 1.04 bits per heavy atom. The summed E-state index contributed by atoms with van der Waals surface area (Å²) in [6.45, 7) is 1.81. The number of nitrogens with two attached hydrogens (primary N) is 1. The molecule has 7 heteroatoms. The Morgan fingerprint density at radius 2 is 1.74 bits per heavy atom. The molecule has 0 saturated heterocycles. The molecule has 6 N–H and O–H groups in total. The predicted molar refractivity (Wildman–Crippen MR) is 89.6 cm³/mol. The van der Waals surface area contributed by atoms with Crippen LogP contribution >= 0.6 is 0 Å². The van der Waals surface area contributed by atoms with Gasteiger partial charge >= 0.3 is 6.03 Å². The molecule has 0 unspecified atom stereocenters. The van der Waals surface area contributed by atoms with Crippen molar-refractivity contribution in [2.75, 3.05) is 10.6 Å². The number of hydrogen-bond acceptors (Lipinski definition) is 3. The topological polar surface area (TPSA) is 120 Å². The highest BCUT2D eigenvalue weighted by molar-refractivity contribution is 6.08. The number of rotatable bonds is 3. The van der Waals surface area contributed by atoms with Crippen molar-refractivity contribution in [1.82, 2.24) is 5.32 Å². The van der Waals surface area contributed by atoms with Crippen molar-refractivity contribution < 1.29 is 9.59 Å². The maximum Gasteiger partial charge on any atom is 0.326 e. The fourth-order valence-electron chi connectivity index (χ4n) is 1.95. The largest absolute Gasteiger partial charge is 0.370 e. The second-order valence-corrected chi connectivity index (χ2v) is 4.84. The lowest BCUT2D eigenvalue weighted by Gasteiger charge is -2.11. The molecule has 2 aromatic carbocycles. The summed E-state index contributed by atoms with van der Waals surface area (Å²) in [6, 6.07) is 12.9. The van der Waals surface area contributed by atoms with Crippen LogP contribution in [0.3, 0.4) is 0 Å². The molecule has 118 valence electrons. The molecule has 0 aliphatic rings. The minimum absolute atomic E-state index is 0.167. The van der Waals surface area contributed by atoms with E-state index in [9.17, 15) is 9.59 Å². The summed E-state index contributed by atoms with van der Waals surface area (Å²) in [5, 5.41) is 14.7. The highest BCUT2D eigenvalue weighted by Crippen LogP contribution is 2.19. The van der Waals surface area contributed by atoms with Crippen molar-refractivity contribution in [3.63, 3.8) is 0 Å². The number of nitrogens with one attached hydrogen (secondary N) is 4. The third-order valence-corrected chi connectivity index (χ3v) is 3.02. The molecule has 0 heterocycles. The molecule has 0 bridgehead atoms. The minimum Gasteiger partial charge on any atom is -0.370 e. The predicted octanol–water partition coefficient (Wildman–Crippen LogP) is 2.26. The van der Waals surface area contributed by atoms with Gasteiger partial charge in [-0.25, -0.2) is 4.79 Å². The number of benzene rings is 2. The van der Waals surface area contributed by atoms with Crippen LogP contribution in [0.2, 0.25) is 0 Å². The maximum absolute atomic E-state index is 11.9. The molecule has 0 aromatic heterocycles. The first-order valence-electron chi connectivity index (χ1n) is 6.85. The van der Waals surface area contributed by atoms with Crippen LogP contribution in [0.4, 0.5) is 16.2 Å². The van der Waals surface area contributed by atoms with Crippen molar-refractivity contribution in [3.8, 4) is 0 Å². The van der Waals surface area contributed by atoms with Crippen LogP contribution in [0.25, 0.3) is 0 Å². The van der Waals surface area contributed by atoms with E-state index in [1.807, 2.05) is 6.92 Å². The van der Waals surface area contributed by atoms with Gasteiger partial charge < -0.3 is 16.4 Å². The van der Waals surface area contributed by atoms with Gasteiger partial charge in [0.15, 0.2) is 5.96 Å². The van der Waals surface area contributed by atoms with Gasteiger partial charge in [-0.3, -0.25) is 15.5 Å². The summed E-state index contributed by atoms with van der Waals surface area (Å²) in [6.07, 6.45) is 0. The summed E-state index contributed by atoms with van der Waals surface area (Å²) < 4.78 is 0. The monoisotopic (exact) mass is 311 g/mol. The van der Waals surface area contributed by atoms with E-state index in [1.165, 1.54) is 0 Å². The normalized spacial score (nSPS) is 9.78. The van der Waals surface area contributed by atoms with Crippen LogP contribution < -0.4 is 21.7 Å². The molecular weight excluding hydrogens is 294 g/mol. The maximum atomic E-state index is 11.9. The molecule has 0 aliphatic carbocycles. The first-order valence-corrected chi connectivity index (χ1v) is 6.85. The first kappa shape index (κ1) is 16.0. The highest BCUT2D eigenvalue weighted by Gasteiger charge is 2.10. The number of aryl methyl sites for hydroxylation is 1. The van der Waals surface area contributed by atoms with Crippen LogP contribution in [0.15, 0.2) is 48.5 Å². The molecule has 0 radical (unpaired) electrons. The molecule has 2 aromatic rings. The van der Waals surface area contributed by atoms with Gasteiger partial charge in [-0.2, -0.15) is 0 Å². The number of urea groups is 1. The number of carbonyl (C=O) groups is 2. The second kappa shape index (κ2) is 7.08. The van der Waals surface area contributed by atoms with Gasteiger partial charge in [-0.15, -0.1) is 0 Å². The Morgan fingerprint density at radius 3 is 2.35 bits per heavy atom. The Hall–Kier alpha value is -3.35. The molecular formula is C16H17N5O2. The van der Waals surface area contributed by atoms with E-state index in [-0.39, 0.29) is 5.96 Å². The van der Waals surface area contributed by atoms with Crippen LogP contribution in [0, 0.1) is 12.3 Å². The molecule has 3 amide bonds. The average molecular weight is 311 g/mol. The molecule has 0 aliphatic heterocycles. The number of carbonyl (C=O) groups excluding carboxylic acids is 2. The van der Waals surface area contributed by atoms with Crippen LogP contribution in [-0.4, -0.2) is 17.9 Å². The van der Waals surface area contributed by atoms with E-state index >= 15 is 0 Å². The van der Waals surface area contributed by atoms with Gasteiger partial charge in [-0.1, -0.05) is 18.2 Å². The van der Waals surface area contributed by atoms with Crippen molar-refractivity contribution in [2.24, 2.45) is 5.73 Å². The summed E-state index contributed by atoms with van der Waals surface area (Å²) in [4.78, 5) is 23.7. The Kier molecular flexibility index (Phi) is 4.93. The lowest BCUT2D eigenvalue weighted by Crippen LogP contribution is -2.34. The minimum atomic E-state index is -0.620. The molecule has 23 heavy (non-hydrogen) atoms. The number of guanidine groups is 1. The van der Waals surface area contributed by atoms with E-state index in [0.717, 1.165) is 5.56 Å². The summed E-state index contributed by atoms with van der Waals surface area (Å²) in [7, 11) is 0. The Balaban J connectivity index is 1.99. The van der Waals surface area contributed by atoms with Crippen molar-refractivity contribution in [2.45, 2.75) is 6.92 Å². The van der Waals surface area contributed by atoms with Crippen molar-refractivity contribution >= 4 is 29.3 Å². The third kappa shape index (κ3) is 4.57. The number of hydrogen-bond donors (Lipinski definition) is 5. The van der Waals surface area contributed by atoms with Crippen molar-refractivity contribution in [3.05, 3.63) is 59.7 Å². The quantitative estimate of drug-likeness (QED) is 0.441. The number of amides is 3. The second-order valence-electron chi connectivity index (χ2n) is 4.84. The standard InChI is InChI=1S/C16H17N5O2/c1-10-9-12(7-8-13(10)20-15(17)18)19-16(23)21-14(22)11-5-3-2-4-6-11/h2-9H,1H3,(H4,17,18,20)(H2,19,21,22,23). The van der Waals surface area contributed by atoms with E-state index in [2.05, 4.69) is 16.0 Å². The van der Waals surface area contributed by atoms with Gasteiger partial charge in [0.2, 0.25) is 0 Å². The van der Waals surface area contributed by atoms with E-state index < -0.39 is 11.9 Å². The molecule has 0 atom stereocenters. The summed E-state index contributed by atoms with van der Waals surface area (Å²) in [5.74, 6) is -0.644. The van der Waals surface area contributed by atoms with Gasteiger partial charge in [0, 0.05) is 16.9 Å². The lowest BCUT2D eigenvalue weighted by molar-refractivity contribution is 0.0967. The average Bonchev–Trinajstić information content (AvgIpc) is 2.50. The van der Waals surface area contributed by atoms with Gasteiger partial charge in [0.1, 0.15) is 0 Å². The molecule has 2 rings (SSSR count). The molecule has 0 saturated carbocycles. The van der Waals surface area contributed by atoms with E-state index in [0.29, 0.717) is 16.9 Å². The van der Waals surface area contributed by atoms with Gasteiger partial charge in [-0.05, 0) is 42.8 Å². The zero-order chi connectivity index (χ0) is 16.8. The molecule has 0 spiro atoms. The van der Waals surface area contributed by atoms with Gasteiger partial charge in [0.25, 0.3) is 5.91 Å². The van der Waals surface area contributed by atoms with Gasteiger partial charge in [0.05, 0.1) is 0 Å².